The molecule has 3 heteroatoms. The molecule has 0 radical (unpaired) electrons. The Hall–Kier alpha value is -0.930. The maximum absolute atomic E-state index is 13.7. The normalized spacial score (nSPS) is 29.2. The summed E-state index contributed by atoms with van der Waals surface area (Å²) >= 11 is 0. The van der Waals surface area contributed by atoms with E-state index in [1.165, 1.54) is 6.42 Å². The molecule has 0 heterocycles. The number of aryl methyl sites for hydroxylation is 1. The summed E-state index contributed by atoms with van der Waals surface area (Å²) in [6, 6.07) is 5.00. The van der Waals surface area contributed by atoms with Gasteiger partial charge in [-0.25, -0.2) is 4.39 Å². The van der Waals surface area contributed by atoms with E-state index in [4.69, 9.17) is 10.5 Å². The average molecular weight is 265 g/mol. The van der Waals surface area contributed by atoms with Crippen LogP contribution in [0.3, 0.4) is 0 Å². The first-order valence-electron chi connectivity index (χ1n) is 7.05. The second-order valence-corrected chi connectivity index (χ2v) is 5.96. The third-order valence-electron chi connectivity index (χ3n) is 4.52. The molecule has 2 nitrogen and oxygen atoms in total. The van der Waals surface area contributed by atoms with Gasteiger partial charge in [-0.1, -0.05) is 31.9 Å². The van der Waals surface area contributed by atoms with Crippen molar-refractivity contribution in [3.05, 3.63) is 35.1 Å². The van der Waals surface area contributed by atoms with Crippen LogP contribution in [0.1, 0.15) is 49.8 Å². The number of rotatable bonds is 3. The highest BCUT2D eigenvalue weighted by Crippen LogP contribution is 2.42. The smallest absolute Gasteiger partial charge is 0.126 e. The van der Waals surface area contributed by atoms with Crippen LogP contribution >= 0.6 is 0 Å². The predicted octanol–water partition coefficient (Wildman–Crippen LogP) is 3.73. The Bertz CT molecular complexity index is 448. The molecule has 0 spiro atoms. The maximum Gasteiger partial charge on any atom is 0.126 e. The number of nitrogens with two attached hydrogens (primary N) is 1. The SMILES string of the molecule is COC1(C(N)c2ccc(C)c(F)c2)CCCC(C)C1. The first-order chi connectivity index (χ1) is 8.98. The fourth-order valence-corrected chi connectivity index (χ4v) is 3.24. The Kier molecular flexibility index (Phi) is 4.26. The monoisotopic (exact) mass is 265 g/mol. The van der Waals surface area contributed by atoms with E-state index in [1.807, 2.05) is 6.07 Å². The van der Waals surface area contributed by atoms with Gasteiger partial charge in [0.2, 0.25) is 0 Å². The number of halogens is 1. The quantitative estimate of drug-likeness (QED) is 0.903. The third-order valence-corrected chi connectivity index (χ3v) is 4.52. The highest BCUT2D eigenvalue weighted by molar-refractivity contribution is 5.28. The highest BCUT2D eigenvalue weighted by atomic mass is 19.1. The van der Waals surface area contributed by atoms with E-state index < -0.39 is 0 Å². The van der Waals surface area contributed by atoms with E-state index in [1.54, 1.807) is 26.2 Å². The number of benzene rings is 1. The molecule has 1 fully saturated rings. The summed E-state index contributed by atoms with van der Waals surface area (Å²) in [6.07, 6.45) is 4.24. The second-order valence-electron chi connectivity index (χ2n) is 5.96. The van der Waals surface area contributed by atoms with Crippen LogP contribution in [0, 0.1) is 18.7 Å². The zero-order valence-corrected chi connectivity index (χ0v) is 12.1. The molecule has 0 aromatic heterocycles. The first-order valence-corrected chi connectivity index (χ1v) is 7.05. The number of methoxy groups -OCH3 is 1. The molecule has 2 N–H and O–H groups in total. The molecule has 0 aliphatic heterocycles. The van der Waals surface area contributed by atoms with Gasteiger partial charge in [0, 0.05) is 7.11 Å². The topological polar surface area (TPSA) is 35.2 Å². The van der Waals surface area contributed by atoms with Gasteiger partial charge in [-0.15, -0.1) is 0 Å². The zero-order valence-electron chi connectivity index (χ0n) is 12.1. The van der Waals surface area contributed by atoms with Crippen molar-refractivity contribution in [1.29, 1.82) is 0 Å². The predicted molar refractivity (Wildman–Crippen MR) is 75.4 cm³/mol. The minimum absolute atomic E-state index is 0.192. The number of ether oxygens (including phenoxy) is 1. The van der Waals surface area contributed by atoms with Gasteiger partial charge >= 0.3 is 0 Å². The molecule has 1 aliphatic carbocycles. The fraction of sp³-hybridized carbons (Fsp3) is 0.625. The highest BCUT2D eigenvalue weighted by Gasteiger charge is 2.41. The van der Waals surface area contributed by atoms with Gasteiger partial charge in [0.15, 0.2) is 0 Å². The van der Waals surface area contributed by atoms with Crippen molar-refractivity contribution in [2.45, 2.75) is 51.2 Å². The zero-order chi connectivity index (χ0) is 14.0. The van der Waals surface area contributed by atoms with Gasteiger partial charge in [-0.3, -0.25) is 0 Å². The average Bonchev–Trinajstić information content (AvgIpc) is 2.41. The van der Waals surface area contributed by atoms with Crippen molar-refractivity contribution in [1.82, 2.24) is 0 Å². The van der Waals surface area contributed by atoms with Crippen molar-refractivity contribution < 1.29 is 9.13 Å². The third kappa shape index (κ3) is 2.82. The summed E-state index contributed by atoms with van der Waals surface area (Å²) in [5, 5.41) is 0. The van der Waals surface area contributed by atoms with E-state index in [2.05, 4.69) is 6.92 Å². The van der Waals surface area contributed by atoms with Gasteiger partial charge in [0.05, 0.1) is 11.6 Å². The molecular weight excluding hydrogens is 241 g/mol. The fourth-order valence-electron chi connectivity index (χ4n) is 3.24. The molecule has 1 aromatic carbocycles. The maximum atomic E-state index is 13.7. The van der Waals surface area contributed by atoms with Crippen LogP contribution < -0.4 is 5.73 Å². The lowest BCUT2D eigenvalue weighted by molar-refractivity contribution is -0.0718. The van der Waals surface area contributed by atoms with Crippen LogP contribution in [0.5, 0.6) is 0 Å². The Labute approximate surface area is 115 Å². The van der Waals surface area contributed by atoms with Crippen molar-refractivity contribution in [2.24, 2.45) is 11.7 Å². The van der Waals surface area contributed by atoms with Gasteiger partial charge in [-0.2, -0.15) is 0 Å². The lowest BCUT2D eigenvalue weighted by Crippen LogP contribution is -2.46. The van der Waals surface area contributed by atoms with E-state index in [-0.39, 0.29) is 17.5 Å². The van der Waals surface area contributed by atoms with Crippen LogP contribution in [0.4, 0.5) is 4.39 Å². The molecule has 1 saturated carbocycles. The van der Waals surface area contributed by atoms with Crippen LogP contribution in [-0.4, -0.2) is 12.7 Å². The van der Waals surface area contributed by atoms with E-state index in [0.717, 1.165) is 24.8 Å². The molecule has 0 bridgehead atoms. The molecule has 0 saturated heterocycles. The Morgan fingerprint density at radius 3 is 2.79 bits per heavy atom. The minimum atomic E-state index is -0.348. The van der Waals surface area contributed by atoms with Crippen LogP contribution in [0.2, 0.25) is 0 Å². The molecule has 3 atom stereocenters. The van der Waals surface area contributed by atoms with Crippen molar-refractivity contribution in [3.63, 3.8) is 0 Å². The molecule has 1 aromatic rings. The Balaban J connectivity index is 2.29. The lowest BCUT2D eigenvalue weighted by Gasteiger charge is -2.43. The van der Waals surface area contributed by atoms with Gasteiger partial charge in [0.25, 0.3) is 0 Å². The van der Waals surface area contributed by atoms with Crippen LogP contribution in [0.25, 0.3) is 0 Å². The summed E-state index contributed by atoms with van der Waals surface area (Å²) in [4.78, 5) is 0. The summed E-state index contributed by atoms with van der Waals surface area (Å²) in [5.41, 5.74) is 7.54. The molecule has 19 heavy (non-hydrogen) atoms. The van der Waals surface area contributed by atoms with Crippen LogP contribution in [-0.2, 0) is 4.74 Å². The molecule has 0 amide bonds. The summed E-state index contributed by atoms with van der Waals surface area (Å²) in [5.74, 6) is 0.415. The molecule has 3 unspecified atom stereocenters. The Morgan fingerprint density at radius 1 is 1.47 bits per heavy atom. The molecule has 106 valence electrons. The number of hydrogen-bond acceptors (Lipinski definition) is 2. The summed E-state index contributed by atoms with van der Waals surface area (Å²) < 4.78 is 19.5. The van der Waals surface area contributed by atoms with Crippen molar-refractivity contribution in [2.75, 3.05) is 7.11 Å². The van der Waals surface area contributed by atoms with Crippen molar-refractivity contribution >= 4 is 0 Å². The van der Waals surface area contributed by atoms with E-state index in [9.17, 15) is 4.39 Å². The minimum Gasteiger partial charge on any atom is -0.376 e. The largest absolute Gasteiger partial charge is 0.376 e. The van der Waals surface area contributed by atoms with Gasteiger partial charge in [0.1, 0.15) is 5.82 Å². The lowest BCUT2D eigenvalue weighted by atomic mass is 9.73. The number of hydrogen-bond donors (Lipinski definition) is 1. The second kappa shape index (κ2) is 5.59. The Morgan fingerprint density at radius 2 is 2.21 bits per heavy atom. The van der Waals surface area contributed by atoms with E-state index in [0.29, 0.717) is 11.5 Å². The first kappa shape index (κ1) is 14.5. The summed E-state index contributed by atoms with van der Waals surface area (Å²) in [7, 11) is 1.72. The standard InChI is InChI=1S/C16H24FNO/c1-11-5-4-8-16(10-11,19-3)15(18)13-7-6-12(2)14(17)9-13/h6-7,9,11,15H,4-5,8,10,18H2,1-3H3. The van der Waals surface area contributed by atoms with Gasteiger partial charge < -0.3 is 10.5 Å². The van der Waals surface area contributed by atoms with Crippen LogP contribution in [0.15, 0.2) is 18.2 Å². The van der Waals surface area contributed by atoms with Gasteiger partial charge in [-0.05, 0) is 42.9 Å². The molecule has 1 aliphatic rings. The summed E-state index contributed by atoms with van der Waals surface area (Å²) in [6.45, 7) is 3.99. The molecule has 2 rings (SSSR count). The van der Waals surface area contributed by atoms with Crippen molar-refractivity contribution in [3.8, 4) is 0 Å². The van der Waals surface area contributed by atoms with E-state index >= 15 is 0 Å². The molecular formula is C16H24FNO.